The lowest BCUT2D eigenvalue weighted by Gasteiger charge is -2.19. The van der Waals surface area contributed by atoms with Crippen molar-refractivity contribution in [2.45, 2.75) is 57.2 Å². The number of ketones is 1. The summed E-state index contributed by atoms with van der Waals surface area (Å²) in [4.78, 5) is 22.7. The summed E-state index contributed by atoms with van der Waals surface area (Å²) in [5.41, 5.74) is 0. The lowest BCUT2D eigenvalue weighted by molar-refractivity contribution is -0.137. The number of carbonyl (C=O) groups is 2. The molecule has 0 spiro atoms. The van der Waals surface area contributed by atoms with Crippen molar-refractivity contribution >= 4 is 11.8 Å². The van der Waals surface area contributed by atoms with Gasteiger partial charge in [-0.1, -0.05) is 49.6 Å². The van der Waals surface area contributed by atoms with Gasteiger partial charge in [0.05, 0.1) is 6.10 Å². The van der Waals surface area contributed by atoms with Crippen molar-refractivity contribution in [1.82, 2.24) is 0 Å². The normalized spacial score (nSPS) is 23.2. The molecule has 0 radical (unpaired) electrons. The molecule has 6 nitrogen and oxygen atoms in total. The van der Waals surface area contributed by atoms with Gasteiger partial charge in [0, 0.05) is 18.8 Å². The van der Waals surface area contributed by atoms with Gasteiger partial charge in [0.15, 0.2) is 0 Å². The molecule has 1 aliphatic rings. The SMILES string of the molecule is O=C(O)CCCCCC[C@H]1[C@@H](O)CC(=O)[C@@H]1C=C[C@H](O)COc1ccccc1. The molecule has 0 bridgehead atoms. The number of aliphatic hydroxyl groups is 2. The average molecular weight is 390 g/mol. The molecule has 28 heavy (non-hydrogen) atoms. The summed E-state index contributed by atoms with van der Waals surface area (Å²) in [6.07, 6.45) is 6.04. The number of benzene rings is 1. The van der Waals surface area contributed by atoms with Crippen molar-refractivity contribution in [1.29, 1.82) is 0 Å². The van der Waals surface area contributed by atoms with Crippen LogP contribution in [-0.4, -0.2) is 45.9 Å². The first-order chi connectivity index (χ1) is 13.5. The molecule has 1 aliphatic carbocycles. The number of allylic oxidation sites excluding steroid dienone is 1. The van der Waals surface area contributed by atoms with Gasteiger partial charge in [0.25, 0.3) is 0 Å². The number of carbonyl (C=O) groups excluding carboxylic acids is 1. The summed E-state index contributed by atoms with van der Waals surface area (Å²) in [5, 5.41) is 28.9. The summed E-state index contributed by atoms with van der Waals surface area (Å²) >= 11 is 0. The second-order valence-corrected chi connectivity index (χ2v) is 7.35. The number of hydrogen-bond donors (Lipinski definition) is 3. The number of hydrogen-bond acceptors (Lipinski definition) is 5. The molecular weight excluding hydrogens is 360 g/mol. The van der Waals surface area contributed by atoms with Gasteiger partial charge in [0.2, 0.25) is 0 Å². The zero-order valence-electron chi connectivity index (χ0n) is 16.1. The minimum atomic E-state index is -0.831. The number of carboxylic acids is 1. The monoisotopic (exact) mass is 390 g/mol. The molecule has 0 aromatic heterocycles. The lowest BCUT2D eigenvalue weighted by Crippen LogP contribution is -2.20. The molecule has 6 heteroatoms. The smallest absolute Gasteiger partial charge is 0.303 e. The molecule has 1 fully saturated rings. The first-order valence-corrected chi connectivity index (χ1v) is 9.94. The van der Waals surface area contributed by atoms with E-state index in [0.29, 0.717) is 18.6 Å². The highest BCUT2D eigenvalue weighted by molar-refractivity contribution is 5.85. The van der Waals surface area contributed by atoms with E-state index in [1.165, 1.54) is 0 Å². The summed E-state index contributed by atoms with van der Waals surface area (Å²) in [5.74, 6) is -0.651. The Labute approximate surface area is 165 Å². The Bertz CT molecular complexity index is 642. The van der Waals surface area contributed by atoms with Gasteiger partial charge in [-0.05, 0) is 30.9 Å². The molecular formula is C22H30O6. The molecule has 2 rings (SSSR count). The highest BCUT2D eigenvalue weighted by Gasteiger charge is 2.39. The van der Waals surface area contributed by atoms with E-state index in [9.17, 15) is 19.8 Å². The number of aliphatic carboxylic acids is 1. The minimum Gasteiger partial charge on any atom is -0.491 e. The van der Waals surface area contributed by atoms with Crippen LogP contribution < -0.4 is 4.74 Å². The number of Topliss-reactive ketones (excluding diaryl/α,β-unsaturated/α-hetero) is 1. The van der Waals surface area contributed by atoms with E-state index in [4.69, 9.17) is 9.84 Å². The fourth-order valence-electron chi connectivity index (χ4n) is 3.61. The quantitative estimate of drug-likeness (QED) is 0.374. The van der Waals surface area contributed by atoms with Crippen molar-refractivity contribution in [3.8, 4) is 5.75 Å². The van der Waals surface area contributed by atoms with Crippen molar-refractivity contribution in [3.05, 3.63) is 42.5 Å². The predicted molar refractivity (Wildman–Crippen MR) is 105 cm³/mol. The van der Waals surface area contributed by atoms with Gasteiger partial charge in [-0.15, -0.1) is 0 Å². The van der Waals surface area contributed by atoms with Crippen LogP contribution in [-0.2, 0) is 9.59 Å². The fourth-order valence-corrected chi connectivity index (χ4v) is 3.61. The molecule has 0 unspecified atom stereocenters. The second kappa shape index (κ2) is 11.6. The molecule has 1 aromatic carbocycles. The van der Waals surface area contributed by atoms with Crippen molar-refractivity contribution < 1.29 is 29.6 Å². The van der Waals surface area contributed by atoms with E-state index < -0.39 is 18.2 Å². The number of rotatable bonds is 12. The summed E-state index contributed by atoms with van der Waals surface area (Å²) in [6.45, 7) is 0.0955. The van der Waals surface area contributed by atoms with E-state index in [-0.39, 0.29) is 37.1 Å². The Morgan fingerprint density at radius 2 is 1.89 bits per heavy atom. The second-order valence-electron chi connectivity index (χ2n) is 7.35. The van der Waals surface area contributed by atoms with Crippen LogP contribution >= 0.6 is 0 Å². The van der Waals surface area contributed by atoms with Gasteiger partial charge in [-0.2, -0.15) is 0 Å². The van der Waals surface area contributed by atoms with Crippen LogP contribution in [0.15, 0.2) is 42.5 Å². The summed E-state index contributed by atoms with van der Waals surface area (Å²) in [7, 11) is 0. The standard InChI is InChI=1S/C22H30O6/c23-16(15-28-17-8-4-3-5-9-17)12-13-19-18(20(24)14-21(19)25)10-6-1-2-7-11-22(26)27/h3-5,8-9,12-13,16,18-20,23-24H,1-2,6-7,10-11,14-15H2,(H,26,27)/t16-,18+,19+,20-/m0/s1. The maximum Gasteiger partial charge on any atom is 0.303 e. The van der Waals surface area contributed by atoms with Crippen molar-refractivity contribution in [3.63, 3.8) is 0 Å². The van der Waals surface area contributed by atoms with Gasteiger partial charge in [0.1, 0.15) is 24.2 Å². The van der Waals surface area contributed by atoms with Crippen molar-refractivity contribution in [2.75, 3.05) is 6.61 Å². The summed E-state index contributed by atoms with van der Waals surface area (Å²) < 4.78 is 5.50. The maximum atomic E-state index is 12.2. The van der Waals surface area contributed by atoms with Crippen LogP contribution in [0.1, 0.15) is 44.9 Å². The first kappa shape index (κ1) is 22.1. The molecule has 4 atom stereocenters. The first-order valence-electron chi connectivity index (χ1n) is 9.94. The largest absolute Gasteiger partial charge is 0.491 e. The fraction of sp³-hybridized carbons (Fsp3) is 0.545. The molecule has 3 N–H and O–H groups in total. The maximum absolute atomic E-state index is 12.2. The van der Waals surface area contributed by atoms with E-state index in [2.05, 4.69) is 0 Å². The Hall–Kier alpha value is -2.18. The minimum absolute atomic E-state index is 0.00388. The van der Waals surface area contributed by atoms with Gasteiger partial charge in [-0.3, -0.25) is 9.59 Å². The number of carboxylic acid groups (broad SMARTS) is 1. The lowest BCUT2D eigenvalue weighted by atomic mass is 9.88. The third kappa shape index (κ3) is 7.44. The van der Waals surface area contributed by atoms with E-state index in [1.807, 2.05) is 18.2 Å². The Morgan fingerprint density at radius 1 is 1.18 bits per heavy atom. The Kier molecular flexibility index (Phi) is 9.17. The third-order valence-corrected chi connectivity index (χ3v) is 5.12. The van der Waals surface area contributed by atoms with E-state index >= 15 is 0 Å². The average Bonchev–Trinajstić information content (AvgIpc) is 2.94. The topological polar surface area (TPSA) is 104 Å². The highest BCUT2D eigenvalue weighted by Crippen LogP contribution is 2.34. The van der Waals surface area contributed by atoms with Crippen LogP contribution in [0, 0.1) is 11.8 Å². The van der Waals surface area contributed by atoms with Gasteiger partial charge >= 0.3 is 5.97 Å². The van der Waals surface area contributed by atoms with Crippen LogP contribution in [0.2, 0.25) is 0 Å². The Balaban J connectivity index is 1.77. The number of unbranched alkanes of at least 4 members (excludes halogenated alkanes) is 3. The highest BCUT2D eigenvalue weighted by atomic mass is 16.5. The third-order valence-electron chi connectivity index (χ3n) is 5.12. The summed E-state index contributed by atoms with van der Waals surface area (Å²) in [6, 6.07) is 9.19. The van der Waals surface area contributed by atoms with Gasteiger partial charge in [-0.25, -0.2) is 0 Å². The zero-order valence-corrected chi connectivity index (χ0v) is 16.1. The van der Waals surface area contributed by atoms with Crippen molar-refractivity contribution in [2.24, 2.45) is 11.8 Å². The number of para-hydroxylation sites is 1. The van der Waals surface area contributed by atoms with Crippen LogP contribution in [0.5, 0.6) is 5.75 Å². The van der Waals surface area contributed by atoms with Crippen LogP contribution in [0.4, 0.5) is 0 Å². The van der Waals surface area contributed by atoms with Gasteiger partial charge < -0.3 is 20.1 Å². The molecule has 0 aliphatic heterocycles. The Morgan fingerprint density at radius 3 is 2.61 bits per heavy atom. The molecule has 1 aromatic rings. The molecule has 154 valence electrons. The molecule has 0 saturated heterocycles. The molecule has 0 heterocycles. The molecule has 1 saturated carbocycles. The van der Waals surface area contributed by atoms with E-state index in [0.717, 1.165) is 19.3 Å². The molecule has 0 amide bonds. The van der Waals surface area contributed by atoms with Crippen LogP contribution in [0.3, 0.4) is 0 Å². The van der Waals surface area contributed by atoms with E-state index in [1.54, 1.807) is 24.3 Å². The number of ether oxygens (including phenoxy) is 1. The predicted octanol–water partition coefficient (Wildman–Crippen LogP) is 2.97. The zero-order chi connectivity index (χ0) is 20.4. The number of aliphatic hydroxyl groups excluding tert-OH is 2. The van der Waals surface area contributed by atoms with Crippen LogP contribution in [0.25, 0.3) is 0 Å².